The molecule has 1 aromatic carbocycles. The predicted octanol–water partition coefficient (Wildman–Crippen LogP) is 3.95. The maximum atomic E-state index is 10.1. The van der Waals surface area contributed by atoms with Gasteiger partial charge in [0.2, 0.25) is 0 Å². The van der Waals surface area contributed by atoms with E-state index in [0.29, 0.717) is 17.6 Å². The standard InChI is InChI=1S/C13H20O/c1-8(2)11-7-6-10(5)12(9(3)4)13(11)14/h6-9,14H,1-5H3. The second kappa shape index (κ2) is 4.04. The predicted molar refractivity (Wildman–Crippen MR) is 61.0 cm³/mol. The molecule has 1 N–H and O–H groups in total. The van der Waals surface area contributed by atoms with Gasteiger partial charge in [-0.25, -0.2) is 0 Å². The first kappa shape index (κ1) is 11.1. The van der Waals surface area contributed by atoms with Crippen molar-refractivity contribution in [1.29, 1.82) is 0 Å². The van der Waals surface area contributed by atoms with Crippen molar-refractivity contribution < 1.29 is 5.11 Å². The highest BCUT2D eigenvalue weighted by molar-refractivity contribution is 5.47. The lowest BCUT2D eigenvalue weighted by molar-refractivity contribution is 0.453. The Hall–Kier alpha value is -0.980. The van der Waals surface area contributed by atoms with E-state index < -0.39 is 0 Å². The van der Waals surface area contributed by atoms with Crippen LogP contribution in [0.2, 0.25) is 0 Å². The Balaban J connectivity index is 3.34. The van der Waals surface area contributed by atoms with E-state index >= 15 is 0 Å². The summed E-state index contributed by atoms with van der Waals surface area (Å²) in [4.78, 5) is 0. The van der Waals surface area contributed by atoms with Gasteiger partial charge in [0.1, 0.15) is 5.75 Å². The van der Waals surface area contributed by atoms with Crippen molar-refractivity contribution in [2.24, 2.45) is 0 Å². The Morgan fingerprint density at radius 3 is 2.00 bits per heavy atom. The van der Waals surface area contributed by atoms with Crippen molar-refractivity contribution in [3.05, 3.63) is 28.8 Å². The minimum absolute atomic E-state index is 0.382. The van der Waals surface area contributed by atoms with Crippen LogP contribution in [-0.4, -0.2) is 5.11 Å². The smallest absolute Gasteiger partial charge is 0.122 e. The molecule has 0 aliphatic heterocycles. The van der Waals surface area contributed by atoms with Crippen molar-refractivity contribution in [3.8, 4) is 5.75 Å². The Morgan fingerprint density at radius 2 is 1.57 bits per heavy atom. The van der Waals surface area contributed by atoms with Crippen molar-refractivity contribution in [3.63, 3.8) is 0 Å². The highest BCUT2D eigenvalue weighted by atomic mass is 16.3. The molecule has 1 heteroatoms. The number of hydrogen-bond donors (Lipinski definition) is 1. The van der Waals surface area contributed by atoms with Gasteiger partial charge in [0.15, 0.2) is 0 Å². The zero-order valence-electron chi connectivity index (χ0n) is 9.76. The summed E-state index contributed by atoms with van der Waals surface area (Å²) < 4.78 is 0. The number of phenols is 1. The molecule has 14 heavy (non-hydrogen) atoms. The Bertz CT molecular complexity index is 324. The number of rotatable bonds is 2. The van der Waals surface area contributed by atoms with Crippen LogP contribution in [0, 0.1) is 6.92 Å². The van der Waals surface area contributed by atoms with E-state index in [4.69, 9.17) is 0 Å². The van der Waals surface area contributed by atoms with E-state index in [1.54, 1.807) is 0 Å². The van der Waals surface area contributed by atoms with E-state index in [1.165, 1.54) is 5.56 Å². The second-order valence-electron chi connectivity index (χ2n) is 4.54. The average Bonchev–Trinajstić information content (AvgIpc) is 2.02. The number of phenolic OH excluding ortho intramolecular Hbond substituents is 1. The van der Waals surface area contributed by atoms with Crippen LogP contribution in [0.3, 0.4) is 0 Å². The van der Waals surface area contributed by atoms with E-state index in [1.807, 2.05) is 6.07 Å². The average molecular weight is 192 g/mol. The van der Waals surface area contributed by atoms with E-state index in [2.05, 4.69) is 40.7 Å². The lowest BCUT2D eigenvalue weighted by Gasteiger charge is -2.17. The van der Waals surface area contributed by atoms with Gasteiger partial charge in [0.05, 0.1) is 0 Å². The zero-order chi connectivity index (χ0) is 10.9. The van der Waals surface area contributed by atoms with Crippen LogP contribution in [0.15, 0.2) is 12.1 Å². The van der Waals surface area contributed by atoms with E-state index in [-0.39, 0.29) is 0 Å². The van der Waals surface area contributed by atoms with Crippen molar-refractivity contribution in [2.75, 3.05) is 0 Å². The van der Waals surface area contributed by atoms with Gasteiger partial charge in [-0.3, -0.25) is 0 Å². The molecule has 0 unspecified atom stereocenters. The van der Waals surface area contributed by atoms with E-state index in [0.717, 1.165) is 11.1 Å². The summed E-state index contributed by atoms with van der Waals surface area (Å²) in [5, 5.41) is 10.1. The molecule has 0 heterocycles. The fraction of sp³-hybridized carbons (Fsp3) is 0.538. The van der Waals surface area contributed by atoms with Crippen LogP contribution in [0.1, 0.15) is 56.2 Å². The molecular formula is C13H20O. The van der Waals surface area contributed by atoms with Gasteiger partial charge in [0, 0.05) is 0 Å². The highest BCUT2D eigenvalue weighted by Crippen LogP contribution is 2.35. The molecule has 78 valence electrons. The van der Waals surface area contributed by atoms with Gasteiger partial charge in [-0.1, -0.05) is 39.8 Å². The van der Waals surface area contributed by atoms with Gasteiger partial charge in [-0.05, 0) is 35.4 Å². The lowest BCUT2D eigenvalue weighted by Crippen LogP contribution is -1.97. The molecule has 0 fully saturated rings. The molecule has 0 atom stereocenters. The summed E-state index contributed by atoms with van der Waals surface area (Å²) in [5.74, 6) is 1.26. The fourth-order valence-corrected chi connectivity index (χ4v) is 1.92. The first-order chi connectivity index (χ1) is 6.45. The monoisotopic (exact) mass is 192 g/mol. The normalized spacial score (nSPS) is 11.4. The Morgan fingerprint density at radius 1 is 1.00 bits per heavy atom. The summed E-state index contributed by atoms with van der Waals surface area (Å²) in [7, 11) is 0. The number of benzene rings is 1. The quantitative estimate of drug-likeness (QED) is 0.752. The first-order valence-electron chi connectivity index (χ1n) is 5.27. The second-order valence-corrected chi connectivity index (χ2v) is 4.54. The lowest BCUT2D eigenvalue weighted by atomic mass is 9.91. The largest absolute Gasteiger partial charge is 0.507 e. The van der Waals surface area contributed by atoms with Crippen molar-refractivity contribution in [1.82, 2.24) is 0 Å². The molecule has 0 saturated carbocycles. The van der Waals surface area contributed by atoms with Crippen molar-refractivity contribution >= 4 is 0 Å². The summed E-state index contributed by atoms with van der Waals surface area (Å²) in [6, 6.07) is 4.13. The minimum Gasteiger partial charge on any atom is -0.507 e. The molecule has 0 aromatic heterocycles. The molecule has 0 aliphatic rings. The van der Waals surface area contributed by atoms with Crippen molar-refractivity contribution in [2.45, 2.75) is 46.5 Å². The van der Waals surface area contributed by atoms with Gasteiger partial charge in [-0.2, -0.15) is 0 Å². The van der Waals surface area contributed by atoms with Gasteiger partial charge in [0.25, 0.3) is 0 Å². The third-order valence-electron chi connectivity index (χ3n) is 2.67. The molecular weight excluding hydrogens is 172 g/mol. The third kappa shape index (κ3) is 1.92. The van der Waals surface area contributed by atoms with Crippen LogP contribution in [-0.2, 0) is 0 Å². The van der Waals surface area contributed by atoms with Crippen LogP contribution in [0.25, 0.3) is 0 Å². The fourth-order valence-electron chi connectivity index (χ4n) is 1.92. The summed E-state index contributed by atoms with van der Waals surface area (Å²) in [5.41, 5.74) is 3.33. The molecule has 1 rings (SSSR count). The number of hydrogen-bond acceptors (Lipinski definition) is 1. The SMILES string of the molecule is Cc1ccc(C(C)C)c(O)c1C(C)C. The molecule has 0 bridgehead atoms. The van der Waals surface area contributed by atoms with Gasteiger partial charge < -0.3 is 5.11 Å². The maximum Gasteiger partial charge on any atom is 0.122 e. The topological polar surface area (TPSA) is 20.2 Å². The minimum atomic E-state index is 0.382. The Labute approximate surface area is 86.8 Å². The van der Waals surface area contributed by atoms with Crippen LogP contribution in [0.5, 0.6) is 5.75 Å². The van der Waals surface area contributed by atoms with Crippen LogP contribution in [0.4, 0.5) is 0 Å². The molecule has 0 saturated heterocycles. The molecule has 1 aromatic rings. The zero-order valence-corrected chi connectivity index (χ0v) is 9.76. The number of aromatic hydroxyl groups is 1. The first-order valence-corrected chi connectivity index (χ1v) is 5.27. The molecule has 0 radical (unpaired) electrons. The molecule has 0 aliphatic carbocycles. The van der Waals surface area contributed by atoms with Gasteiger partial charge >= 0.3 is 0 Å². The van der Waals surface area contributed by atoms with E-state index in [9.17, 15) is 5.11 Å². The molecule has 1 nitrogen and oxygen atoms in total. The molecule has 0 spiro atoms. The Kier molecular flexibility index (Phi) is 3.20. The molecule has 0 amide bonds. The van der Waals surface area contributed by atoms with Gasteiger partial charge in [-0.15, -0.1) is 0 Å². The number of aryl methyl sites for hydroxylation is 1. The van der Waals surface area contributed by atoms with Crippen LogP contribution >= 0.6 is 0 Å². The summed E-state index contributed by atoms with van der Waals surface area (Å²) in [6.07, 6.45) is 0. The summed E-state index contributed by atoms with van der Waals surface area (Å²) in [6.45, 7) is 10.5. The highest BCUT2D eigenvalue weighted by Gasteiger charge is 2.14. The maximum absolute atomic E-state index is 10.1. The third-order valence-corrected chi connectivity index (χ3v) is 2.67. The summed E-state index contributed by atoms with van der Waals surface area (Å²) >= 11 is 0. The van der Waals surface area contributed by atoms with Crippen LogP contribution < -0.4 is 0 Å².